The van der Waals surface area contributed by atoms with E-state index in [2.05, 4.69) is 9.62 Å². The Balaban J connectivity index is 1.48. The molecule has 146 valence electrons. The maximum absolute atomic E-state index is 12.5. The first-order chi connectivity index (χ1) is 12.9. The fourth-order valence-corrected chi connectivity index (χ4v) is 5.23. The number of nitrogens with one attached hydrogen (secondary N) is 1. The van der Waals surface area contributed by atoms with Crippen LogP contribution >= 0.6 is 22.9 Å². The second-order valence-electron chi connectivity index (χ2n) is 6.42. The molecule has 9 heteroatoms. The molecular weight excluding hydrogens is 406 g/mol. The van der Waals surface area contributed by atoms with Crippen LogP contribution in [0.1, 0.15) is 15.2 Å². The van der Waals surface area contributed by atoms with Crippen molar-refractivity contribution in [3.63, 3.8) is 0 Å². The van der Waals surface area contributed by atoms with Crippen molar-refractivity contribution in [2.45, 2.75) is 11.8 Å². The number of hydrogen-bond donors (Lipinski definition) is 1. The van der Waals surface area contributed by atoms with Crippen LogP contribution in [0.4, 0.5) is 0 Å². The van der Waals surface area contributed by atoms with Crippen LogP contribution in [0.3, 0.4) is 0 Å². The molecule has 1 aliphatic rings. The van der Waals surface area contributed by atoms with Gasteiger partial charge in [0, 0.05) is 44.3 Å². The van der Waals surface area contributed by atoms with E-state index in [1.165, 1.54) is 17.4 Å². The smallest absolute Gasteiger partial charge is 0.264 e. The monoisotopic (exact) mass is 427 g/mol. The summed E-state index contributed by atoms with van der Waals surface area (Å²) in [5, 5.41) is 2.30. The van der Waals surface area contributed by atoms with E-state index in [9.17, 15) is 13.2 Å². The van der Waals surface area contributed by atoms with Gasteiger partial charge in [-0.05, 0) is 36.1 Å². The quantitative estimate of drug-likeness (QED) is 0.768. The second-order valence-corrected chi connectivity index (χ2v) is 9.54. The zero-order valence-electron chi connectivity index (χ0n) is 15.0. The molecule has 1 fully saturated rings. The Labute approximate surface area is 168 Å². The summed E-state index contributed by atoms with van der Waals surface area (Å²) in [6, 6.07) is 8.55. The number of aryl methyl sites for hydroxylation is 1. The highest BCUT2D eigenvalue weighted by Crippen LogP contribution is 2.20. The number of rotatable bonds is 6. The average molecular weight is 428 g/mol. The topological polar surface area (TPSA) is 69.7 Å². The van der Waals surface area contributed by atoms with Gasteiger partial charge in [0.15, 0.2) is 0 Å². The number of carbonyl (C=O) groups is 1. The zero-order chi connectivity index (χ0) is 19.4. The van der Waals surface area contributed by atoms with Crippen LogP contribution in [0.5, 0.6) is 0 Å². The Kier molecular flexibility index (Phi) is 6.54. The van der Waals surface area contributed by atoms with Gasteiger partial charge >= 0.3 is 0 Å². The number of halogens is 1. The molecule has 27 heavy (non-hydrogen) atoms. The second kappa shape index (κ2) is 8.70. The van der Waals surface area contributed by atoms with Crippen molar-refractivity contribution in [1.29, 1.82) is 0 Å². The van der Waals surface area contributed by atoms with E-state index in [1.807, 2.05) is 22.4 Å². The lowest BCUT2D eigenvalue weighted by molar-refractivity contribution is 0.0645. The minimum absolute atomic E-state index is 0.0711. The van der Waals surface area contributed by atoms with Crippen molar-refractivity contribution < 1.29 is 13.2 Å². The van der Waals surface area contributed by atoms with E-state index in [1.54, 1.807) is 19.1 Å². The van der Waals surface area contributed by atoms with Gasteiger partial charge in [0.25, 0.3) is 5.91 Å². The number of nitrogens with zero attached hydrogens (tertiary/aromatic N) is 2. The van der Waals surface area contributed by atoms with Crippen LogP contribution in [0, 0.1) is 6.92 Å². The number of piperazine rings is 1. The van der Waals surface area contributed by atoms with E-state index < -0.39 is 10.0 Å². The van der Waals surface area contributed by atoms with Crippen molar-refractivity contribution in [1.82, 2.24) is 14.5 Å². The van der Waals surface area contributed by atoms with Crippen molar-refractivity contribution >= 4 is 38.9 Å². The summed E-state index contributed by atoms with van der Waals surface area (Å²) in [4.78, 5) is 17.3. The SMILES string of the molecule is Cc1ccc(Cl)cc1S(=O)(=O)NCCN1CCN(C(=O)c2cccs2)CC1. The van der Waals surface area contributed by atoms with Crippen molar-refractivity contribution in [3.8, 4) is 0 Å². The fourth-order valence-electron chi connectivity index (χ4n) is 3.01. The molecule has 1 N–H and O–H groups in total. The van der Waals surface area contributed by atoms with Crippen LogP contribution in [0.25, 0.3) is 0 Å². The molecule has 1 amide bonds. The van der Waals surface area contributed by atoms with Gasteiger partial charge in [-0.25, -0.2) is 13.1 Å². The third-order valence-corrected chi connectivity index (χ3v) is 7.25. The van der Waals surface area contributed by atoms with Crippen molar-refractivity contribution in [2.75, 3.05) is 39.3 Å². The van der Waals surface area contributed by atoms with Crippen molar-refractivity contribution in [2.24, 2.45) is 0 Å². The minimum Gasteiger partial charge on any atom is -0.335 e. The molecule has 1 aromatic heterocycles. The fraction of sp³-hybridized carbons (Fsp3) is 0.389. The van der Waals surface area contributed by atoms with Gasteiger partial charge in [0.05, 0.1) is 9.77 Å². The number of hydrogen-bond acceptors (Lipinski definition) is 5. The predicted octanol–water partition coefficient (Wildman–Crippen LogP) is 2.45. The maximum Gasteiger partial charge on any atom is 0.264 e. The van der Waals surface area contributed by atoms with Crippen LogP contribution < -0.4 is 4.72 Å². The summed E-state index contributed by atoms with van der Waals surface area (Å²) in [5.74, 6) is 0.0711. The van der Waals surface area contributed by atoms with Gasteiger partial charge in [0.2, 0.25) is 10.0 Å². The summed E-state index contributed by atoms with van der Waals surface area (Å²) in [5.41, 5.74) is 0.660. The third-order valence-electron chi connectivity index (χ3n) is 4.55. The summed E-state index contributed by atoms with van der Waals surface area (Å²) in [7, 11) is -3.59. The molecule has 2 heterocycles. The zero-order valence-corrected chi connectivity index (χ0v) is 17.4. The Morgan fingerprint density at radius 2 is 1.96 bits per heavy atom. The molecular formula is C18H22ClN3O3S2. The minimum atomic E-state index is -3.59. The molecule has 0 bridgehead atoms. The molecule has 1 aliphatic heterocycles. The molecule has 2 aromatic rings. The average Bonchev–Trinajstić information content (AvgIpc) is 3.18. The molecule has 0 unspecified atom stereocenters. The lowest BCUT2D eigenvalue weighted by atomic mass is 10.2. The van der Waals surface area contributed by atoms with Gasteiger partial charge in [-0.2, -0.15) is 0 Å². The molecule has 0 aliphatic carbocycles. The first-order valence-electron chi connectivity index (χ1n) is 8.68. The van der Waals surface area contributed by atoms with E-state index in [0.717, 1.165) is 18.0 Å². The van der Waals surface area contributed by atoms with Crippen LogP contribution in [0.15, 0.2) is 40.6 Å². The molecule has 1 saturated heterocycles. The summed E-state index contributed by atoms with van der Waals surface area (Å²) < 4.78 is 27.6. The molecule has 1 aromatic carbocycles. The lowest BCUT2D eigenvalue weighted by Gasteiger charge is -2.34. The summed E-state index contributed by atoms with van der Waals surface area (Å²) in [6.07, 6.45) is 0. The Morgan fingerprint density at radius 1 is 1.22 bits per heavy atom. The Bertz CT molecular complexity index is 893. The van der Waals surface area contributed by atoms with E-state index in [0.29, 0.717) is 36.8 Å². The Hall–Kier alpha value is -1.45. The molecule has 6 nitrogen and oxygen atoms in total. The van der Waals surface area contributed by atoms with Gasteiger partial charge in [-0.1, -0.05) is 23.7 Å². The van der Waals surface area contributed by atoms with Gasteiger partial charge < -0.3 is 4.90 Å². The summed E-state index contributed by atoms with van der Waals surface area (Å²) >= 11 is 7.37. The normalized spacial score (nSPS) is 15.9. The number of benzene rings is 1. The van der Waals surface area contributed by atoms with E-state index in [4.69, 9.17) is 11.6 Å². The number of amides is 1. The van der Waals surface area contributed by atoms with E-state index >= 15 is 0 Å². The molecule has 0 radical (unpaired) electrons. The highest BCUT2D eigenvalue weighted by atomic mass is 35.5. The standard InChI is InChI=1S/C18H22ClN3O3S2/c1-14-4-5-15(19)13-17(14)27(24,25)20-6-7-21-8-10-22(11-9-21)18(23)16-3-2-12-26-16/h2-5,12-13,20H,6-11H2,1H3. The largest absolute Gasteiger partial charge is 0.335 e. The van der Waals surface area contributed by atoms with Gasteiger partial charge in [-0.3, -0.25) is 9.69 Å². The number of thiophene rings is 1. The first-order valence-corrected chi connectivity index (χ1v) is 11.4. The molecule has 3 rings (SSSR count). The van der Waals surface area contributed by atoms with E-state index in [-0.39, 0.29) is 10.8 Å². The van der Waals surface area contributed by atoms with Crippen LogP contribution in [0.2, 0.25) is 5.02 Å². The summed E-state index contributed by atoms with van der Waals surface area (Å²) in [6.45, 7) is 5.42. The van der Waals surface area contributed by atoms with Crippen LogP contribution in [-0.4, -0.2) is 63.4 Å². The van der Waals surface area contributed by atoms with Gasteiger partial charge in [-0.15, -0.1) is 11.3 Å². The van der Waals surface area contributed by atoms with Crippen molar-refractivity contribution in [3.05, 3.63) is 51.2 Å². The third kappa shape index (κ3) is 5.08. The van der Waals surface area contributed by atoms with Gasteiger partial charge in [0.1, 0.15) is 0 Å². The lowest BCUT2D eigenvalue weighted by Crippen LogP contribution is -2.50. The first kappa shape index (κ1) is 20.3. The highest BCUT2D eigenvalue weighted by Gasteiger charge is 2.23. The maximum atomic E-state index is 12.5. The highest BCUT2D eigenvalue weighted by molar-refractivity contribution is 7.89. The molecule has 0 saturated carbocycles. The number of carbonyl (C=O) groups excluding carboxylic acids is 1. The number of sulfonamides is 1. The predicted molar refractivity (Wildman–Crippen MR) is 108 cm³/mol. The molecule has 0 spiro atoms. The Morgan fingerprint density at radius 3 is 2.63 bits per heavy atom. The molecule has 0 atom stereocenters. The van der Waals surface area contributed by atoms with Crippen LogP contribution in [-0.2, 0) is 10.0 Å².